The molecule has 0 amide bonds. The van der Waals surface area contributed by atoms with Crippen LogP contribution in [0.1, 0.15) is 32.1 Å². The van der Waals surface area contributed by atoms with Crippen molar-refractivity contribution in [3.63, 3.8) is 0 Å². The van der Waals surface area contributed by atoms with Crippen LogP contribution in [0.2, 0.25) is 0 Å². The van der Waals surface area contributed by atoms with Gasteiger partial charge in [0.25, 0.3) is 0 Å². The number of fused-ring (bicyclic) bond motifs is 4. The van der Waals surface area contributed by atoms with E-state index in [1.165, 1.54) is 16.8 Å². The normalized spacial score (nSPS) is 17.9. The maximum atomic E-state index is 14.2. The lowest BCUT2D eigenvalue weighted by Crippen LogP contribution is -2.52. The molecule has 4 N–H and O–H groups in total. The van der Waals surface area contributed by atoms with Crippen molar-refractivity contribution < 1.29 is 26.0 Å². The highest BCUT2D eigenvalue weighted by molar-refractivity contribution is 7.89. The van der Waals surface area contributed by atoms with Gasteiger partial charge in [0.2, 0.25) is 16.0 Å². The van der Waals surface area contributed by atoms with E-state index in [-0.39, 0.29) is 30.1 Å². The number of aromatic nitrogens is 3. The lowest BCUT2D eigenvalue weighted by Gasteiger charge is -2.43. The third-order valence-corrected chi connectivity index (χ3v) is 7.08. The minimum Gasteiger partial charge on any atom is -0.324 e. The van der Waals surface area contributed by atoms with Crippen LogP contribution in [0.25, 0.3) is 11.0 Å². The number of nitrogens with two attached hydrogens (primary N) is 1. The molecule has 180 valence electrons. The third kappa shape index (κ3) is 3.66. The Morgan fingerprint density at radius 3 is 2.53 bits per heavy atom. The van der Waals surface area contributed by atoms with Gasteiger partial charge in [0.05, 0.1) is 5.54 Å². The molecule has 5 rings (SSSR count). The lowest BCUT2D eigenvalue weighted by atomic mass is 9.77. The van der Waals surface area contributed by atoms with Crippen molar-refractivity contribution in [1.29, 1.82) is 0 Å². The zero-order valence-electron chi connectivity index (χ0n) is 17.5. The number of alkyl halides is 3. The summed E-state index contributed by atoms with van der Waals surface area (Å²) in [5, 5.41) is 11.9. The van der Waals surface area contributed by atoms with Gasteiger partial charge in [-0.05, 0) is 37.1 Å². The van der Waals surface area contributed by atoms with E-state index in [4.69, 9.17) is 5.14 Å². The molecule has 0 saturated heterocycles. The lowest BCUT2D eigenvalue weighted by molar-refractivity contribution is -0.0682. The van der Waals surface area contributed by atoms with Crippen LogP contribution in [0.4, 0.5) is 35.0 Å². The highest BCUT2D eigenvalue weighted by Gasteiger charge is 2.54. The predicted molar refractivity (Wildman–Crippen MR) is 117 cm³/mol. The van der Waals surface area contributed by atoms with E-state index in [2.05, 4.69) is 25.8 Å². The molecule has 0 atom stereocenters. The van der Waals surface area contributed by atoms with Crippen molar-refractivity contribution in [1.82, 2.24) is 14.5 Å². The molecule has 9 nitrogen and oxygen atoms in total. The molecule has 0 bridgehead atoms. The Bertz CT molecular complexity index is 1430. The first-order valence-electron chi connectivity index (χ1n) is 10.4. The molecule has 1 spiro atoms. The van der Waals surface area contributed by atoms with E-state index < -0.39 is 38.2 Å². The molecular weight excluding hydrogens is 478 g/mol. The molecule has 0 radical (unpaired) electrons. The average molecular weight is 497 g/mol. The number of primary sulfonamides is 1. The summed E-state index contributed by atoms with van der Waals surface area (Å²) in [5.41, 5.74) is 0.617. The van der Waals surface area contributed by atoms with Crippen molar-refractivity contribution in [2.24, 2.45) is 10.2 Å². The summed E-state index contributed by atoms with van der Waals surface area (Å²) in [6.45, 7) is 0. The fraction of sp³-hybridized carbons (Fsp3) is 0.350. The Hall–Kier alpha value is -3.26. The topological polar surface area (TPSA) is 127 Å². The van der Waals surface area contributed by atoms with E-state index in [0.717, 1.165) is 18.6 Å². The molecule has 1 aliphatic heterocycles. The van der Waals surface area contributed by atoms with Crippen LogP contribution < -0.4 is 15.9 Å². The van der Waals surface area contributed by atoms with Gasteiger partial charge in [0.15, 0.2) is 5.71 Å². The maximum absolute atomic E-state index is 14.2. The highest BCUT2D eigenvalue weighted by atomic mass is 32.2. The van der Waals surface area contributed by atoms with E-state index in [9.17, 15) is 26.0 Å². The molecule has 34 heavy (non-hydrogen) atoms. The Balaban J connectivity index is 1.59. The summed E-state index contributed by atoms with van der Waals surface area (Å²) in [4.78, 5) is 7.92. The van der Waals surface area contributed by atoms with Gasteiger partial charge in [-0.1, -0.05) is 19.3 Å². The number of nitrogens with one attached hydrogen (secondary N) is 2. The molecule has 3 aromatic rings. The van der Waals surface area contributed by atoms with Crippen LogP contribution in [0.3, 0.4) is 0 Å². The molecule has 1 aliphatic carbocycles. The number of nitrogens with zero attached hydrogens (tertiary/aromatic N) is 4. The van der Waals surface area contributed by atoms with Crippen LogP contribution in [0.5, 0.6) is 0 Å². The van der Waals surface area contributed by atoms with Crippen LogP contribution >= 0.6 is 0 Å². The maximum Gasteiger partial charge on any atom is 0.433 e. The number of anilines is 3. The van der Waals surface area contributed by atoms with E-state index in [1.807, 2.05) is 0 Å². The summed E-state index contributed by atoms with van der Waals surface area (Å²) in [6, 6.07) is 4.83. The highest BCUT2D eigenvalue weighted by Crippen LogP contribution is 2.47. The van der Waals surface area contributed by atoms with E-state index in [1.54, 1.807) is 6.07 Å². The molecule has 1 fully saturated rings. The summed E-state index contributed by atoms with van der Waals surface area (Å²) in [5.74, 6) is -0.692. The molecule has 1 saturated carbocycles. The Labute approximate surface area is 191 Å². The van der Waals surface area contributed by atoms with Crippen LogP contribution in [0.15, 0.2) is 40.5 Å². The third-order valence-electron chi connectivity index (χ3n) is 6.14. The van der Waals surface area contributed by atoms with Gasteiger partial charge in [-0.25, -0.2) is 22.9 Å². The van der Waals surface area contributed by atoms with E-state index >= 15 is 0 Å². The fourth-order valence-corrected chi connectivity index (χ4v) is 5.34. The fourth-order valence-electron chi connectivity index (χ4n) is 4.75. The molecule has 14 heteroatoms. The Kier molecular flexibility index (Phi) is 5.06. The van der Waals surface area contributed by atoms with E-state index in [0.29, 0.717) is 24.0 Å². The molecule has 2 aliphatic rings. The van der Waals surface area contributed by atoms with Gasteiger partial charge in [0, 0.05) is 17.3 Å². The van der Waals surface area contributed by atoms with Crippen molar-refractivity contribution in [3.8, 4) is 0 Å². The predicted octanol–water partition coefficient (Wildman–Crippen LogP) is 3.96. The van der Waals surface area contributed by atoms with Crippen LogP contribution in [-0.2, 0) is 15.6 Å². The standard InChI is InChI=1S/C20H19F4N7O2S/c21-13-9-12(4-5-14(13)34(25,32)33)27-18-26-10-11-8-15-29-30-17(20(22,23)24)19(6-2-1-3-7-19)31(15)16(11)28-18/h4-5,8-10,29H,1-3,6-7H2,(H2,25,32,33)(H,26,27,28). The number of hydrazone groups is 1. The number of hydrogen-bond donors (Lipinski definition) is 3. The number of rotatable bonds is 3. The average Bonchev–Trinajstić information content (AvgIpc) is 3.12. The van der Waals surface area contributed by atoms with Gasteiger partial charge in [0.1, 0.15) is 22.2 Å². The van der Waals surface area contributed by atoms with Gasteiger partial charge in [-0.15, -0.1) is 0 Å². The molecule has 2 aromatic heterocycles. The van der Waals surface area contributed by atoms with Gasteiger partial charge < -0.3 is 5.32 Å². The number of hydrogen-bond acceptors (Lipinski definition) is 7. The monoisotopic (exact) mass is 497 g/mol. The summed E-state index contributed by atoms with van der Waals surface area (Å²) in [7, 11) is -4.24. The second-order valence-electron chi connectivity index (χ2n) is 8.31. The first-order valence-corrected chi connectivity index (χ1v) is 11.9. The summed E-state index contributed by atoms with van der Waals surface area (Å²) >= 11 is 0. The minimum absolute atomic E-state index is 0.00168. The van der Waals surface area contributed by atoms with Gasteiger partial charge in [-0.2, -0.15) is 23.3 Å². The first kappa shape index (κ1) is 22.5. The summed E-state index contributed by atoms with van der Waals surface area (Å²) in [6.07, 6.45) is -0.615. The zero-order chi connectivity index (χ0) is 24.3. The molecular formula is C20H19F4N7O2S. The SMILES string of the molecule is NS(=O)(=O)c1ccc(Nc2ncc3cc4n(c3n2)C2(CCCCC2)C(C(F)(F)F)=NN4)cc1F. The smallest absolute Gasteiger partial charge is 0.324 e. The second-order valence-corrected chi connectivity index (χ2v) is 9.84. The zero-order valence-corrected chi connectivity index (χ0v) is 18.3. The number of halogens is 4. The van der Waals surface area contributed by atoms with Gasteiger partial charge >= 0.3 is 6.18 Å². The van der Waals surface area contributed by atoms with Crippen molar-refractivity contribution in [2.45, 2.75) is 48.7 Å². The first-order chi connectivity index (χ1) is 16.0. The van der Waals surface area contributed by atoms with Crippen LogP contribution in [-0.4, -0.2) is 34.8 Å². The minimum atomic E-state index is -4.63. The van der Waals surface area contributed by atoms with Crippen molar-refractivity contribution >= 4 is 44.2 Å². The number of benzene rings is 1. The van der Waals surface area contributed by atoms with Gasteiger partial charge in [-0.3, -0.25) is 9.99 Å². The van der Waals surface area contributed by atoms with Crippen molar-refractivity contribution in [3.05, 3.63) is 36.3 Å². The molecule has 0 unspecified atom stereocenters. The second kappa shape index (κ2) is 7.63. The summed E-state index contributed by atoms with van der Waals surface area (Å²) < 4.78 is 80.5. The Morgan fingerprint density at radius 2 is 1.88 bits per heavy atom. The van der Waals surface area contributed by atoms with Crippen LogP contribution in [0, 0.1) is 5.82 Å². The number of sulfonamides is 1. The Morgan fingerprint density at radius 1 is 1.15 bits per heavy atom. The van der Waals surface area contributed by atoms with Crippen molar-refractivity contribution in [2.75, 3.05) is 10.7 Å². The molecule has 3 heterocycles. The largest absolute Gasteiger partial charge is 0.433 e. The molecule has 1 aromatic carbocycles. The quantitative estimate of drug-likeness (QED) is 0.470.